The lowest BCUT2D eigenvalue weighted by atomic mass is 10.2. The van der Waals surface area contributed by atoms with Gasteiger partial charge in [-0.25, -0.2) is 8.42 Å². The fraction of sp³-hybridized carbons (Fsp3) is 0.333. The predicted octanol–water partition coefficient (Wildman–Crippen LogP) is 1.24. The minimum absolute atomic E-state index is 0.0550. The Morgan fingerprint density at radius 1 is 1.37 bits per heavy atom. The van der Waals surface area contributed by atoms with E-state index in [2.05, 4.69) is 4.74 Å². The van der Waals surface area contributed by atoms with Crippen LogP contribution in [0.25, 0.3) is 0 Å². The van der Waals surface area contributed by atoms with Crippen molar-refractivity contribution in [1.29, 1.82) is 5.26 Å². The van der Waals surface area contributed by atoms with Crippen molar-refractivity contribution in [3.05, 3.63) is 29.8 Å². The number of benzene rings is 1. The SMILES string of the molecule is COC(=O)CSCCS(=O)(=O)c1ccc(C#N)cc1. The molecule has 19 heavy (non-hydrogen) atoms. The zero-order valence-electron chi connectivity index (χ0n) is 10.3. The van der Waals surface area contributed by atoms with Crippen LogP contribution in [0, 0.1) is 11.3 Å². The van der Waals surface area contributed by atoms with Gasteiger partial charge in [0.25, 0.3) is 0 Å². The molecule has 0 saturated carbocycles. The molecule has 0 heterocycles. The van der Waals surface area contributed by atoms with Crippen molar-refractivity contribution in [1.82, 2.24) is 0 Å². The van der Waals surface area contributed by atoms with E-state index < -0.39 is 9.84 Å². The molecule has 0 aliphatic carbocycles. The molecule has 0 aromatic heterocycles. The van der Waals surface area contributed by atoms with Crippen LogP contribution >= 0.6 is 11.8 Å². The van der Waals surface area contributed by atoms with Crippen molar-refractivity contribution >= 4 is 27.6 Å². The van der Waals surface area contributed by atoms with E-state index in [1.54, 1.807) is 0 Å². The molecule has 0 amide bonds. The molecule has 7 heteroatoms. The second kappa shape index (κ2) is 7.16. The van der Waals surface area contributed by atoms with Crippen molar-refractivity contribution in [3.8, 4) is 6.07 Å². The molecule has 0 radical (unpaired) electrons. The smallest absolute Gasteiger partial charge is 0.315 e. The average Bonchev–Trinajstić information content (AvgIpc) is 2.43. The number of carbonyl (C=O) groups is 1. The van der Waals surface area contributed by atoms with Gasteiger partial charge in [-0.05, 0) is 24.3 Å². The summed E-state index contributed by atoms with van der Waals surface area (Å²) in [6, 6.07) is 7.69. The predicted molar refractivity (Wildman–Crippen MR) is 72.6 cm³/mol. The molecule has 1 aromatic rings. The fourth-order valence-corrected chi connectivity index (χ4v) is 3.80. The topological polar surface area (TPSA) is 84.2 Å². The fourth-order valence-electron chi connectivity index (χ4n) is 1.24. The molecule has 0 unspecified atom stereocenters. The van der Waals surface area contributed by atoms with Crippen molar-refractivity contribution < 1.29 is 17.9 Å². The van der Waals surface area contributed by atoms with Crippen molar-refractivity contribution in [3.63, 3.8) is 0 Å². The Hall–Kier alpha value is -1.52. The van der Waals surface area contributed by atoms with Crippen LogP contribution < -0.4 is 0 Å². The first-order chi connectivity index (χ1) is 8.99. The highest BCUT2D eigenvalue weighted by Gasteiger charge is 2.14. The maximum absolute atomic E-state index is 11.9. The van der Waals surface area contributed by atoms with Crippen LogP contribution in [0.1, 0.15) is 5.56 Å². The number of nitrogens with zero attached hydrogens (tertiary/aromatic N) is 1. The monoisotopic (exact) mass is 299 g/mol. The van der Waals surface area contributed by atoms with Gasteiger partial charge in [-0.15, -0.1) is 11.8 Å². The van der Waals surface area contributed by atoms with Gasteiger partial charge < -0.3 is 4.74 Å². The minimum atomic E-state index is -3.37. The first-order valence-corrected chi connectivity index (χ1v) is 8.18. The standard InChI is InChI=1S/C12H13NO4S2/c1-17-12(14)9-18-6-7-19(15,16)11-4-2-10(8-13)3-5-11/h2-5H,6-7,9H2,1H3. The van der Waals surface area contributed by atoms with Gasteiger partial charge in [0, 0.05) is 5.75 Å². The zero-order chi connectivity index (χ0) is 14.3. The minimum Gasteiger partial charge on any atom is -0.468 e. The molecule has 5 nitrogen and oxygen atoms in total. The molecule has 0 N–H and O–H groups in total. The highest BCUT2D eigenvalue weighted by molar-refractivity contribution is 8.01. The Labute approximate surface area is 116 Å². The van der Waals surface area contributed by atoms with E-state index >= 15 is 0 Å². The van der Waals surface area contributed by atoms with Crippen LogP contribution in [-0.2, 0) is 19.4 Å². The summed E-state index contributed by atoms with van der Waals surface area (Å²) in [5, 5.41) is 8.63. The molecular weight excluding hydrogens is 286 g/mol. The third-order valence-electron chi connectivity index (χ3n) is 2.29. The second-order valence-electron chi connectivity index (χ2n) is 3.58. The third kappa shape index (κ3) is 4.93. The number of hydrogen-bond acceptors (Lipinski definition) is 6. The molecule has 1 aromatic carbocycles. The molecule has 0 atom stereocenters. The van der Waals surface area contributed by atoms with Crippen molar-refractivity contribution in [2.75, 3.05) is 24.4 Å². The Balaban J connectivity index is 2.56. The van der Waals surface area contributed by atoms with Crippen LogP contribution in [0.3, 0.4) is 0 Å². The van der Waals surface area contributed by atoms with Crippen LogP contribution in [-0.4, -0.2) is 38.8 Å². The van der Waals surface area contributed by atoms with E-state index in [1.807, 2.05) is 6.07 Å². The lowest BCUT2D eigenvalue weighted by Gasteiger charge is -2.04. The zero-order valence-corrected chi connectivity index (χ0v) is 12.0. The molecule has 102 valence electrons. The van der Waals surface area contributed by atoms with Gasteiger partial charge in [0.1, 0.15) is 0 Å². The van der Waals surface area contributed by atoms with Crippen LogP contribution in [0.15, 0.2) is 29.2 Å². The van der Waals surface area contributed by atoms with E-state index in [1.165, 1.54) is 43.1 Å². The van der Waals surface area contributed by atoms with Gasteiger partial charge in [0.2, 0.25) is 0 Å². The number of sulfone groups is 1. The molecule has 0 spiro atoms. The quantitative estimate of drug-likeness (QED) is 0.580. The number of rotatable bonds is 6. The number of esters is 1. The summed E-state index contributed by atoms with van der Waals surface area (Å²) in [7, 11) is -2.08. The Morgan fingerprint density at radius 2 is 2.00 bits per heavy atom. The number of methoxy groups -OCH3 is 1. The van der Waals surface area contributed by atoms with Gasteiger partial charge in [-0.2, -0.15) is 5.26 Å². The number of ether oxygens (including phenoxy) is 1. The molecule has 0 bridgehead atoms. The summed E-state index contributed by atoms with van der Waals surface area (Å²) in [6.45, 7) is 0. The normalized spacial score (nSPS) is 10.7. The van der Waals surface area contributed by atoms with Gasteiger partial charge in [-0.1, -0.05) is 0 Å². The summed E-state index contributed by atoms with van der Waals surface area (Å²) in [4.78, 5) is 11.0. The maximum Gasteiger partial charge on any atom is 0.315 e. The lowest BCUT2D eigenvalue weighted by molar-refractivity contribution is -0.137. The first-order valence-electron chi connectivity index (χ1n) is 5.37. The van der Waals surface area contributed by atoms with E-state index in [9.17, 15) is 13.2 Å². The van der Waals surface area contributed by atoms with E-state index in [-0.39, 0.29) is 22.4 Å². The Kier molecular flexibility index (Phi) is 5.86. The van der Waals surface area contributed by atoms with Crippen LogP contribution in [0.4, 0.5) is 0 Å². The van der Waals surface area contributed by atoms with Gasteiger partial charge >= 0.3 is 5.97 Å². The number of thioether (sulfide) groups is 1. The molecule has 0 aliphatic heterocycles. The highest BCUT2D eigenvalue weighted by atomic mass is 32.2. The summed E-state index contributed by atoms with van der Waals surface area (Å²) in [5.74, 6) is 0.0259. The summed E-state index contributed by atoms with van der Waals surface area (Å²) < 4.78 is 28.3. The van der Waals surface area contributed by atoms with Crippen LogP contribution in [0.2, 0.25) is 0 Å². The second-order valence-corrected chi connectivity index (χ2v) is 6.80. The number of hydrogen-bond donors (Lipinski definition) is 0. The molecular formula is C12H13NO4S2. The first kappa shape index (κ1) is 15.5. The molecule has 0 fully saturated rings. The molecule has 1 rings (SSSR count). The van der Waals surface area contributed by atoms with Gasteiger partial charge in [0.05, 0.1) is 35.1 Å². The maximum atomic E-state index is 11.9. The average molecular weight is 299 g/mol. The molecule has 0 aliphatic rings. The van der Waals surface area contributed by atoms with E-state index in [4.69, 9.17) is 5.26 Å². The van der Waals surface area contributed by atoms with Crippen molar-refractivity contribution in [2.24, 2.45) is 0 Å². The third-order valence-corrected chi connectivity index (χ3v) is 5.21. The van der Waals surface area contributed by atoms with Crippen LogP contribution in [0.5, 0.6) is 0 Å². The summed E-state index contributed by atoms with van der Waals surface area (Å²) >= 11 is 1.21. The number of nitriles is 1. The van der Waals surface area contributed by atoms with E-state index in [0.29, 0.717) is 11.3 Å². The van der Waals surface area contributed by atoms with Gasteiger partial charge in [-0.3, -0.25) is 4.79 Å². The van der Waals surface area contributed by atoms with Crippen molar-refractivity contribution in [2.45, 2.75) is 4.90 Å². The lowest BCUT2D eigenvalue weighted by Crippen LogP contribution is -2.11. The van der Waals surface area contributed by atoms with E-state index in [0.717, 1.165) is 0 Å². The highest BCUT2D eigenvalue weighted by Crippen LogP contribution is 2.14. The largest absolute Gasteiger partial charge is 0.468 e. The number of carbonyl (C=O) groups excluding carboxylic acids is 1. The summed E-state index contributed by atoms with van der Waals surface area (Å²) in [5.41, 5.74) is 0.416. The summed E-state index contributed by atoms with van der Waals surface area (Å²) in [6.07, 6.45) is 0. The van der Waals surface area contributed by atoms with Gasteiger partial charge in [0.15, 0.2) is 9.84 Å². The molecule has 0 saturated heterocycles. The Morgan fingerprint density at radius 3 is 2.53 bits per heavy atom. The Bertz CT molecular complexity index is 573.